The van der Waals surface area contributed by atoms with Crippen LogP contribution in [-0.2, 0) is 6.42 Å². The number of nitrogens with zero attached hydrogens (tertiary/aromatic N) is 2. The lowest BCUT2D eigenvalue weighted by Gasteiger charge is -2.27. The van der Waals surface area contributed by atoms with Crippen LogP contribution < -0.4 is 19.5 Å². The second-order valence-corrected chi connectivity index (χ2v) is 9.31. The summed E-state index contributed by atoms with van der Waals surface area (Å²) in [6, 6.07) is 11.0. The van der Waals surface area contributed by atoms with Crippen LogP contribution in [0.2, 0.25) is 0 Å². The largest absolute Gasteiger partial charge is 0.490 e. The molecule has 0 unspecified atom stereocenters. The van der Waals surface area contributed by atoms with Crippen LogP contribution in [0.1, 0.15) is 35.2 Å². The lowest BCUT2D eigenvalue weighted by molar-refractivity contribution is 0.0680. The van der Waals surface area contributed by atoms with E-state index in [9.17, 15) is 9.90 Å². The Morgan fingerprint density at radius 3 is 2.66 bits per heavy atom. The Morgan fingerprint density at radius 1 is 1.14 bits per heavy atom. The fourth-order valence-corrected chi connectivity index (χ4v) is 4.71. The van der Waals surface area contributed by atoms with Crippen LogP contribution in [0.25, 0.3) is 11.3 Å². The van der Waals surface area contributed by atoms with Gasteiger partial charge >= 0.3 is 5.97 Å². The molecule has 3 aromatic rings. The van der Waals surface area contributed by atoms with Crippen LogP contribution in [0, 0.1) is 0 Å². The van der Waals surface area contributed by atoms with Gasteiger partial charge in [0.25, 0.3) is 0 Å². The van der Waals surface area contributed by atoms with Crippen molar-refractivity contribution in [3.8, 4) is 28.5 Å². The van der Waals surface area contributed by atoms with E-state index in [-0.39, 0.29) is 11.7 Å². The van der Waals surface area contributed by atoms with Crippen LogP contribution >= 0.6 is 11.8 Å². The predicted molar refractivity (Wildman–Crippen MR) is 134 cm³/mol. The van der Waals surface area contributed by atoms with Crippen LogP contribution in [-0.4, -0.2) is 53.2 Å². The van der Waals surface area contributed by atoms with Crippen molar-refractivity contribution in [2.24, 2.45) is 0 Å². The van der Waals surface area contributed by atoms with Gasteiger partial charge in [-0.15, -0.1) is 11.8 Å². The molecule has 35 heavy (non-hydrogen) atoms. The zero-order valence-corrected chi connectivity index (χ0v) is 20.3. The van der Waals surface area contributed by atoms with Gasteiger partial charge in [0.1, 0.15) is 36.7 Å². The highest BCUT2D eigenvalue weighted by Crippen LogP contribution is 2.37. The van der Waals surface area contributed by atoms with Gasteiger partial charge in [-0.2, -0.15) is 0 Å². The van der Waals surface area contributed by atoms with Crippen molar-refractivity contribution in [1.29, 1.82) is 0 Å². The van der Waals surface area contributed by atoms with Crippen LogP contribution in [0.5, 0.6) is 17.2 Å². The van der Waals surface area contributed by atoms with Crippen molar-refractivity contribution in [2.45, 2.75) is 36.7 Å². The highest BCUT2D eigenvalue weighted by atomic mass is 32.2. The van der Waals surface area contributed by atoms with E-state index in [1.165, 1.54) is 11.9 Å². The summed E-state index contributed by atoms with van der Waals surface area (Å²) in [5, 5.41) is 12.9. The van der Waals surface area contributed by atoms with Crippen molar-refractivity contribution in [1.82, 2.24) is 9.97 Å². The van der Waals surface area contributed by atoms with Gasteiger partial charge in [-0.25, -0.2) is 14.8 Å². The molecule has 8 nitrogen and oxygen atoms in total. The summed E-state index contributed by atoms with van der Waals surface area (Å²) < 4.78 is 17.4. The average Bonchev–Trinajstić information content (AvgIpc) is 2.85. The molecule has 2 heterocycles. The lowest BCUT2D eigenvalue weighted by Crippen LogP contribution is -2.25. The summed E-state index contributed by atoms with van der Waals surface area (Å²) in [5.41, 5.74) is 2.83. The van der Waals surface area contributed by atoms with Crippen molar-refractivity contribution in [3.63, 3.8) is 0 Å². The molecule has 182 valence electrons. The van der Waals surface area contributed by atoms with Gasteiger partial charge in [0.15, 0.2) is 11.5 Å². The zero-order chi connectivity index (χ0) is 24.2. The van der Waals surface area contributed by atoms with E-state index >= 15 is 0 Å². The number of ether oxygens (including phenoxy) is 3. The first kappa shape index (κ1) is 23.3. The first-order valence-corrected chi connectivity index (χ1v) is 12.9. The van der Waals surface area contributed by atoms with Crippen LogP contribution in [0.15, 0.2) is 47.6 Å². The molecule has 1 aromatic heterocycles. The molecule has 0 radical (unpaired) electrons. The fraction of sp³-hybridized carbons (Fsp3) is 0.346. The highest BCUT2D eigenvalue weighted by molar-refractivity contribution is 7.98. The van der Waals surface area contributed by atoms with Crippen molar-refractivity contribution < 1.29 is 24.1 Å². The molecule has 0 bridgehead atoms. The molecule has 2 aliphatic rings. The third-order valence-corrected chi connectivity index (χ3v) is 6.99. The Labute approximate surface area is 208 Å². The molecular formula is C26H27N3O5S. The van der Waals surface area contributed by atoms with Crippen molar-refractivity contribution >= 4 is 23.5 Å². The normalized spacial score (nSPS) is 14.8. The Bertz CT molecular complexity index is 1230. The molecule has 2 N–H and O–H groups in total. The minimum atomic E-state index is -1.00. The number of carboxylic acids is 1. The molecule has 1 aliphatic carbocycles. The monoisotopic (exact) mass is 493 g/mol. The number of anilines is 1. The van der Waals surface area contributed by atoms with Crippen LogP contribution in [0.3, 0.4) is 0 Å². The number of aromatic carboxylic acids is 1. The molecule has 0 saturated heterocycles. The highest BCUT2D eigenvalue weighted by Gasteiger charge is 2.23. The smallest absolute Gasteiger partial charge is 0.339 e. The van der Waals surface area contributed by atoms with Crippen molar-refractivity contribution in [3.05, 3.63) is 53.9 Å². The molecule has 2 aromatic carbocycles. The summed E-state index contributed by atoms with van der Waals surface area (Å²) in [6.45, 7) is 1.82. The maximum atomic E-state index is 11.6. The minimum Gasteiger partial charge on any atom is -0.490 e. The van der Waals surface area contributed by atoms with E-state index in [4.69, 9.17) is 14.2 Å². The van der Waals surface area contributed by atoms with Gasteiger partial charge < -0.3 is 24.6 Å². The van der Waals surface area contributed by atoms with Gasteiger partial charge in [0.2, 0.25) is 0 Å². The van der Waals surface area contributed by atoms with Gasteiger partial charge in [-0.05, 0) is 61.8 Å². The molecule has 1 fully saturated rings. The summed E-state index contributed by atoms with van der Waals surface area (Å²) in [4.78, 5) is 21.5. The number of benzene rings is 2. The Balaban J connectivity index is 1.29. The van der Waals surface area contributed by atoms with Crippen molar-refractivity contribution in [2.75, 3.05) is 31.3 Å². The number of aromatic nitrogens is 2. The molecule has 0 amide bonds. The molecule has 5 rings (SSSR count). The molecular weight excluding hydrogens is 466 g/mol. The van der Waals surface area contributed by atoms with E-state index in [0.29, 0.717) is 37.0 Å². The Kier molecular flexibility index (Phi) is 6.94. The summed E-state index contributed by atoms with van der Waals surface area (Å²) >= 11 is 1.69. The summed E-state index contributed by atoms with van der Waals surface area (Å²) in [7, 11) is 0. The topological polar surface area (TPSA) is 103 Å². The fourth-order valence-electron chi connectivity index (χ4n) is 4.06. The van der Waals surface area contributed by atoms with Crippen LogP contribution in [0.4, 0.5) is 5.82 Å². The average molecular weight is 494 g/mol. The Hall–Kier alpha value is -3.46. The molecule has 0 atom stereocenters. The summed E-state index contributed by atoms with van der Waals surface area (Å²) in [6.07, 6.45) is 7.44. The first-order chi connectivity index (χ1) is 17.1. The molecule has 9 heteroatoms. The maximum absolute atomic E-state index is 11.6. The maximum Gasteiger partial charge on any atom is 0.339 e. The minimum absolute atomic E-state index is 0.0812. The predicted octanol–water partition coefficient (Wildman–Crippen LogP) is 4.92. The number of hydrogen-bond acceptors (Lipinski definition) is 8. The van der Waals surface area contributed by atoms with E-state index in [0.717, 1.165) is 47.6 Å². The second kappa shape index (κ2) is 10.4. The van der Waals surface area contributed by atoms with Gasteiger partial charge in [-0.1, -0.05) is 6.07 Å². The second-order valence-electron chi connectivity index (χ2n) is 8.46. The third kappa shape index (κ3) is 5.30. The third-order valence-electron chi connectivity index (χ3n) is 6.17. The number of fused-ring (bicyclic) bond motifs is 1. The van der Waals surface area contributed by atoms with E-state index < -0.39 is 5.97 Å². The number of carboxylic acid groups (broad SMARTS) is 1. The van der Waals surface area contributed by atoms with E-state index in [2.05, 4.69) is 27.6 Å². The number of rotatable bonds is 9. The van der Waals surface area contributed by atoms with Gasteiger partial charge in [0, 0.05) is 23.1 Å². The molecule has 1 saturated carbocycles. The van der Waals surface area contributed by atoms with E-state index in [1.807, 2.05) is 12.1 Å². The standard InChI is InChI=1S/C26H27N3O5S/c1-35-24-14-23-22(32-9-10-33-23)12-17(24)7-8-27-25-13-20(28-15-29-25)16-5-6-19(26(30)31)21(11-16)34-18-3-2-4-18/h5-6,11-15,18H,2-4,7-10H2,1H3,(H,30,31)(H,27,28,29). The van der Waals surface area contributed by atoms with Gasteiger partial charge in [0.05, 0.1) is 11.8 Å². The number of nitrogens with one attached hydrogen (secondary N) is 1. The number of carbonyl (C=O) groups is 1. The number of hydrogen-bond donors (Lipinski definition) is 2. The first-order valence-electron chi connectivity index (χ1n) is 11.7. The summed E-state index contributed by atoms with van der Waals surface area (Å²) in [5.74, 6) is 1.67. The Morgan fingerprint density at radius 2 is 1.94 bits per heavy atom. The van der Waals surface area contributed by atoms with E-state index in [1.54, 1.807) is 30.0 Å². The SMILES string of the molecule is CSc1cc2c(cc1CCNc1cc(-c3ccc(C(=O)O)c(OC4CCC4)c3)ncn1)OCCO2. The lowest BCUT2D eigenvalue weighted by atomic mass is 9.96. The zero-order valence-electron chi connectivity index (χ0n) is 19.5. The van der Waals surface area contributed by atoms with Gasteiger partial charge in [-0.3, -0.25) is 0 Å². The number of thioether (sulfide) groups is 1. The quantitative estimate of drug-likeness (QED) is 0.402. The molecule has 1 aliphatic heterocycles. The molecule has 0 spiro atoms.